The van der Waals surface area contributed by atoms with Crippen LogP contribution in [0.2, 0.25) is 0 Å². The van der Waals surface area contributed by atoms with E-state index in [0.717, 1.165) is 16.0 Å². The molecule has 0 saturated carbocycles. The minimum Gasteiger partial charge on any atom is -0.465 e. The summed E-state index contributed by atoms with van der Waals surface area (Å²) in [7, 11) is -4.04. The van der Waals surface area contributed by atoms with Crippen molar-refractivity contribution >= 4 is 16.2 Å². The van der Waals surface area contributed by atoms with E-state index in [9.17, 15) is 23.6 Å². The lowest BCUT2D eigenvalue weighted by Gasteiger charge is -2.25. The van der Waals surface area contributed by atoms with E-state index in [0.29, 0.717) is 6.54 Å². The molecule has 1 saturated heterocycles. The Balaban J connectivity index is 1.71. The van der Waals surface area contributed by atoms with Gasteiger partial charge in [0.25, 0.3) is 10.1 Å². The number of benzene rings is 2. The Morgan fingerprint density at radius 1 is 1.27 bits per heavy atom. The summed E-state index contributed by atoms with van der Waals surface area (Å²) >= 11 is 0. The van der Waals surface area contributed by atoms with E-state index in [4.69, 9.17) is 4.18 Å². The van der Waals surface area contributed by atoms with Crippen molar-refractivity contribution in [2.45, 2.75) is 43.0 Å². The van der Waals surface area contributed by atoms with E-state index in [1.807, 2.05) is 37.3 Å². The molecular formula is C21H23N3O5S. The van der Waals surface area contributed by atoms with Gasteiger partial charge in [-0.1, -0.05) is 48.0 Å². The number of nitrogens with one attached hydrogen (secondary N) is 1. The van der Waals surface area contributed by atoms with Crippen LogP contribution in [0.5, 0.6) is 0 Å². The van der Waals surface area contributed by atoms with Crippen LogP contribution in [0.25, 0.3) is 0 Å². The van der Waals surface area contributed by atoms with Crippen molar-refractivity contribution in [2.75, 3.05) is 6.54 Å². The van der Waals surface area contributed by atoms with Crippen LogP contribution in [0.4, 0.5) is 4.79 Å². The Bertz CT molecular complexity index is 1020. The Kier molecular flexibility index (Phi) is 6.72. The van der Waals surface area contributed by atoms with Gasteiger partial charge in [-0.05, 0) is 31.0 Å². The predicted octanol–water partition coefficient (Wildman–Crippen LogP) is 2.50. The molecule has 1 aliphatic rings. The Hall–Kier alpha value is -2.93. The average Bonchev–Trinajstić information content (AvgIpc) is 3.13. The SMILES string of the molecule is Cc1ccc(S(=O)(=O)O[C@@H]2C[C@@H](C(C#N)NCc3ccccc3)N(C(=O)O)C2)cc1. The monoisotopic (exact) mass is 429 g/mol. The van der Waals surface area contributed by atoms with Crippen LogP contribution in [-0.4, -0.2) is 49.2 Å². The molecule has 1 aliphatic heterocycles. The molecule has 158 valence electrons. The van der Waals surface area contributed by atoms with Gasteiger partial charge in [-0.2, -0.15) is 13.7 Å². The molecule has 0 aromatic heterocycles. The molecule has 30 heavy (non-hydrogen) atoms. The van der Waals surface area contributed by atoms with Gasteiger partial charge >= 0.3 is 6.09 Å². The summed E-state index contributed by atoms with van der Waals surface area (Å²) in [6.07, 6.45) is -2.00. The fourth-order valence-corrected chi connectivity index (χ4v) is 4.54. The highest BCUT2D eigenvalue weighted by Crippen LogP contribution is 2.26. The Morgan fingerprint density at radius 3 is 2.53 bits per heavy atom. The molecule has 1 fully saturated rings. The number of nitrogens with zero attached hydrogens (tertiary/aromatic N) is 2. The second-order valence-electron chi connectivity index (χ2n) is 7.20. The highest BCUT2D eigenvalue weighted by atomic mass is 32.2. The second kappa shape index (κ2) is 9.26. The van der Waals surface area contributed by atoms with Crippen molar-refractivity contribution in [2.24, 2.45) is 0 Å². The van der Waals surface area contributed by atoms with Gasteiger partial charge in [0.2, 0.25) is 0 Å². The van der Waals surface area contributed by atoms with E-state index in [1.165, 1.54) is 12.1 Å². The van der Waals surface area contributed by atoms with Gasteiger partial charge in [0.1, 0.15) is 6.04 Å². The van der Waals surface area contributed by atoms with Crippen LogP contribution in [0, 0.1) is 18.3 Å². The first-order chi connectivity index (χ1) is 14.3. The quantitative estimate of drug-likeness (QED) is 0.649. The van der Waals surface area contributed by atoms with E-state index in [1.54, 1.807) is 12.1 Å². The van der Waals surface area contributed by atoms with Crippen LogP contribution < -0.4 is 5.32 Å². The first kappa shape index (κ1) is 21.8. The molecule has 3 atom stereocenters. The first-order valence-electron chi connectivity index (χ1n) is 9.46. The molecule has 1 amide bonds. The molecule has 3 rings (SSSR count). The molecule has 2 aromatic rings. The summed E-state index contributed by atoms with van der Waals surface area (Å²) in [5, 5.41) is 22.2. The van der Waals surface area contributed by atoms with Crippen molar-refractivity contribution < 1.29 is 22.5 Å². The zero-order chi connectivity index (χ0) is 21.7. The smallest absolute Gasteiger partial charge is 0.407 e. The highest BCUT2D eigenvalue weighted by Gasteiger charge is 2.42. The maximum Gasteiger partial charge on any atom is 0.407 e. The summed E-state index contributed by atoms with van der Waals surface area (Å²) < 4.78 is 30.5. The summed E-state index contributed by atoms with van der Waals surface area (Å²) in [6.45, 7) is 2.10. The number of amides is 1. The highest BCUT2D eigenvalue weighted by molar-refractivity contribution is 7.86. The molecule has 0 bridgehead atoms. The number of rotatable bonds is 7. The zero-order valence-electron chi connectivity index (χ0n) is 16.4. The first-order valence-corrected chi connectivity index (χ1v) is 10.9. The third-order valence-electron chi connectivity index (χ3n) is 5.02. The van der Waals surface area contributed by atoms with Gasteiger partial charge in [-0.15, -0.1) is 0 Å². The van der Waals surface area contributed by atoms with Gasteiger partial charge in [0.05, 0.1) is 29.7 Å². The number of nitriles is 1. The number of aryl methyl sites for hydroxylation is 1. The van der Waals surface area contributed by atoms with Crippen LogP contribution >= 0.6 is 0 Å². The lowest BCUT2D eigenvalue weighted by atomic mass is 10.1. The summed E-state index contributed by atoms with van der Waals surface area (Å²) in [4.78, 5) is 12.8. The molecule has 9 heteroatoms. The minimum atomic E-state index is -4.04. The van der Waals surface area contributed by atoms with Crippen LogP contribution in [0.15, 0.2) is 59.5 Å². The number of carbonyl (C=O) groups is 1. The van der Waals surface area contributed by atoms with Gasteiger partial charge < -0.3 is 5.11 Å². The number of hydrogen-bond acceptors (Lipinski definition) is 6. The summed E-state index contributed by atoms with van der Waals surface area (Å²) in [5.74, 6) is 0. The van der Waals surface area contributed by atoms with Gasteiger partial charge in [-0.25, -0.2) is 4.79 Å². The Morgan fingerprint density at radius 2 is 1.93 bits per heavy atom. The largest absolute Gasteiger partial charge is 0.465 e. The van der Waals surface area contributed by atoms with Crippen molar-refractivity contribution in [3.63, 3.8) is 0 Å². The summed E-state index contributed by atoms with van der Waals surface area (Å²) in [5.41, 5.74) is 1.86. The van der Waals surface area contributed by atoms with E-state index < -0.39 is 34.4 Å². The molecule has 1 unspecified atom stereocenters. The van der Waals surface area contributed by atoms with E-state index >= 15 is 0 Å². The lowest BCUT2D eigenvalue weighted by Crippen LogP contribution is -2.47. The normalized spacial score (nSPS) is 19.9. The lowest BCUT2D eigenvalue weighted by molar-refractivity contribution is 0.130. The number of carboxylic acid groups (broad SMARTS) is 1. The second-order valence-corrected chi connectivity index (χ2v) is 8.77. The molecular weight excluding hydrogens is 406 g/mol. The fraction of sp³-hybridized carbons (Fsp3) is 0.333. The van der Waals surface area contributed by atoms with Crippen LogP contribution in [0.3, 0.4) is 0 Å². The summed E-state index contributed by atoms with van der Waals surface area (Å²) in [6, 6.07) is 16.2. The van der Waals surface area contributed by atoms with Crippen molar-refractivity contribution in [1.29, 1.82) is 5.26 Å². The third-order valence-corrected chi connectivity index (χ3v) is 6.39. The fourth-order valence-electron chi connectivity index (χ4n) is 3.46. The standard InChI is InChI=1S/C21H23N3O5S/c1-15-7-9-18(10-8-15)30(27,28)29-17-11-20(24(14-17)21(25)26)19(12-22)23-13-16-5-3-2-4-6-16/h2-10,17,19-20,23H,11,13-14H2,1H3,(H,25,26)/t17-,19?,20+/m1/s1. The van der Waals surface area contributed by atoms with Crippen LogP contribution in [-0.2, 0) is 20.8 Å². The minimum absolute atomic E-state index is 0.0115. The van der Waals surface area contributed by atoms with Crippen LogP contribution in [0.1, 0.15) is 17.5 Å². The number of likely N-dealkylation sites (tertiary alicyclic amines) is 1. The van der Waals surface area contributed by atoms with Crippen molar-refractivity contribution in [1.82, 2.24) is 10.2 Å². The van der Waals surface area contributed by atoms with Gasteiger partial charge in [0.15, 0.2) is 0 Å². The third kappa shape index (κ3) is 5.16. The molecule has 2 aromatic carbocycles. The zero-order valence-corrected chi connectivity index (χ0v) is 17.2. The predicted molar refractivity (Wildman–Crippen MR) is 109 cm³/mol. The van der Waals surface area contributed by atoms with Gasteiger partial charge in [0, 0.05) is 6.54 Å². The topological polar surface area (TPSA) is 120 Å². The molecule has 0 aliphatic carbocycles. The maximum absolute atomic E-state index is 12.6. The van der Waals surface area contributed by atoms with Crippen molar-refractivity contribution in [3.8, 4) is 6.07 Å². The maximum atomic E-state index is 12.6. The average molecular weight is 429 g/mol. The molecule has 2 N–H and O–H groups in total. The molecule has 1 heterocycles. The van der Waals surface area contributed by atoms with Crippen molar-refractivity contribution in [3.05, 3.63) is 65.7 Å². The molecule has 0 radical (unpaired) electrons. The number of hydrogen-bond donors (Lipinski definition) is 2. The van der Waals surface area contributed by atoms with E-state index in [-0.39, 0.29) is 17.9 Å². The molecule has 8 nitrogen and oxygen atoms in total. The molecule has 0 spiro atoms. The Labute approximate surface area is 175 Å². The van der Waals surface area contributed by atoms with Gasteiger partial charge in [-0.3, -0.25) is 14.4 Å². The van der Waals surface area contributed by atoms with E-state index in [2.05, 4.69) is 11.4 Å².